The Hall–Kier alpha value is -4.46. The number of para-hydroxylation sites is 2. The summed E-state index contributed by atoms with van der Waals surface area (Å²) in [7, 11) is -2.55. The van der Waals surface area contributed by atoms with Gasteiger partial charge in [-0.15, -0.1) is 0 Å². The molecule has 0 spiro atoms. The van der Waals surface area contributed by atoms with Gasteiger partial charge in [0.25, 0.3) is 5.56 Å². The Balaban J connectivity index is 1.74. The van der Waals surface area contributed by atoms with E-state index in [-0.39, 0.29) is 5.56 Å². The zero-order valence-corrected chi connectivity index (χ0v) is 22.6. The fraction of sp³-hybridized carbons (Fsp3) is 0.0571. The number of nitrogens with zero attached hydrogens (tertiary/aromatic N) is 2. The molecule has 7 aromatic rings. The van der Waals surface area contributed by atoms with Crippen LogP contribution in [0.25, 0.3) is 27.2 Å². The molecule has 0 aliphatic carbocycles. The number of benzene rings is 5. The third kappa shape index (κ3) is 3.51. The van der Waals surface area contributed by atoms with Crippen LogP contribution in [0.1, 0.15) is 12.5 Å². The first-order chi connectivity index (χ1) is 19.2. The summed E-state index contributed by atoms with van der Waals surface area (Å²) < 4.78 is 7.74. The van der Waals surface area contributed by atoms with Crippen LogP contribution < -0.4 is 21.5 Å². The highest BCUT2D eigenvalue weighted by molar-refractivity contribution is 7.87. The van der Waals surface area contributed by atoms with Gasteiger partial charge in [-0.2, -0.15) is 0 Å². The van der Waals surface area contributed by atoms with Gasteiger partial charge in [-0.3, -0.25) is 13.9 Å². The van der Waals surface area contributed by atoms with E-state index in [4.69, 9.17) is 4.74 Å². The average Bonchev–Trinajstić information content (AvgIpc) is 3.35. The molecule has 0 bridgehead atoms. The quantitative estimate of drug-likeness (QED) is 0.217. The van der Waals surface area contributed by atoms with Crippen molar-refractivity contribution in [1.29, 1.82) is 0 Å². The monoisotopic (exact) mass is 522 g/mol. The molecule has 2 aromatic heterocycles. The Kier molecular flexibility index (Phi) is 5.68. The van der Waals surface area contributed by atoms with E-state index in [0.717, 1.165) is 54.4 Å². The first-order valence-electron chi connectivity index (χ1n) is 13.3. The van der Waals surface area contributed by atoms with Gasteiger partial charge in [-0.25, -0.2) is 0 Å². The van der Waals surface area contributed by atoms with Crippen molar-refractivity contribution in [3.05, 3.63) is 149 Å². The van der Waals surface area contributed by atoms with Gasteiger partial charge >= 0.3 is 0 Å². The Morgan fingerprint density at radius 3 is 1.64 bits per heavy atom. The molecule has 0 amide bonds. The van der Waals surface area contributed by atoms with Crippen LogP contribution >= 0.6 is 7.05 Å². The van der Waals surface area contributed by atoms with E-state index in [2.05, 4.69) is 104 Å². The minimum absolute atomic E-state index is 0.0217. The second kappa shape index (κ2) is 9.38. The molecule has 5 aromatic carbocycles. The molecule has 0 aliphatic rings. The predicted octanol–water partition coefficient (Wildman–Crippen LogP) is 7.42. The third-order valence-electron chi connectivity index (χ3n) is 7.69. The molecule has 3 nitrogen and oxygen atoms in total. The number of hydrogen-bond donors (Lipinski definition) is 0. The summed E-state index contributed by atoms with van der Waals surface area (Å²) in [6.45, 7) is 2.06. The molecule has 0 N–H and O–H groups in total. The maximum absolute atomic E-state index is 14.3. The Morgan fingerprint density at radius 2 is 1.08 bits per heavy atom. The molecular weight excluding hydrogens is 495 g/mol. The molecule has 0 saturated heterocycles. The SMILES string of the molecule is CCc1c(N=P(c2ccccc2)(c2ccccc2)c2ccccc2)c2cccc3c4ccccc4n(c1=O)c23. The molecule has 0 saturated carbocycles. The van der Waals surface area contributed by atoms with Crippen LogP contribution in [0.2, 0.25) is 0 Å². The molecule has 188 valence electrons. The van der Waals surface area contributed by atoms with Gasteiger partial charge in [-0.1, -0.05) is 134 Å². The second-order valence-electron chi connectivity index (χ2n) is 9.78. The van der Waals surface area contributed by atoms with Crippen LogP contribution in [0, 0.1) is 0 Å². The van der Waals surface area contributed by atoms with E-state index >= 15 is 0 Å². The summed E-state index contributed by atoms with van der Waals surface area (Å²) in [5.74, 6) is 0. The fourth-order valence-corrected chi connectivity index (χ4v) is 9.53. The van der Waals surface area contributed by atoms with Gasteiger partial charge in [0, 0.05) is 37.6 Å². The van der Waals surface area contributed by atoms with Crippen LogP contribution in [0.5, 0.6) is 0 Å². The van der Waals surface area contributed by atoms with Crippen LogP contribution in [0.3, 0.4) is 0 Å². The van der Waals surface area contributed by atoms with Gasteiger partial charge in [0.05, 0.1) is 23.8 Å². The number of fused-ring (bicyclic) bond motifs is 3. The zero-order chi connectivity index (χ0) is 26.4. The highest BCUT2D eigenvalue weighted by Gasteiger charge is 2.29. The first-order valence-corrected chi connectivity index (χ1v) is 15.1. The van der Waals surface area contributed by atoms with Crippen molar-refractivity contribution in [1.82, 2.24) is 4.40 Å². The van der Waals surface area contributed by atoms with Crippen LogP contribution in [0.15, 0.2) is 143 Å². The third-order valence-corrected chi connectivity index (χ3v) is 11.3. The molecule has 0 unspecified atom stereocenters. The molecule has 0 aliphatic heterocycles. The highest BCUT2D eigenvalue weighted by Crippen LogP contribution is 2.51. The van der Waals surface area contributed by atoms with E-state index in [0.29, 0.717) is 6.42 Å². The lowest BCUT2D eigenvalue weighted by atomic mass is 10.1. The van der Waals surface area contributed by atoms with Crippen molar-refractivity contribution < 1.29 is 0 Å². The molecular formula is C35H27N2OP. The van der Waals surface area contributed by atoms with Gasteiger partial charge < -0.3 is 0 Å². The van der Waals surface area contributed by atoms with Crippen LogP contribution in [-0.4, -0.2) is 4.40 Å². The van der Waals surface area contributed by atoms with E-state index in [1.807, 2.05) is 40.8 Å². The molecule has 7 rings (SSSR count). The highest BCUT2D eigenvalue weighted by atomic mass is 31.2. The van der Waals surface area contributed by atoms with E-state index in [1.165, 1.54) is 0 Å². The smallest absolute Gasteiger partial charge is 0.261 e. The van der Waals surface area contributed by atoms with Crippen molar-refractivity contribution in [2.75, 3.05) is 0 Å². The van der Waals surface area contributed by atoms with Crippen molar-refractivity contribution in [3.63, 3.8) is 0 Å². The lowest BCUT2D eigenvalue weighted by molar-refractivity contribution is 1.04. The Bertz CT molecular complexity index is 1960. The minimum Gasteiger partial charge on any atom is -0.275 e. The number of rotatable bonds is 5. The lowest BCUT2D eigenvalue weighted by Gasteiger charge is -2.27. The zero-order valence-electron chi connectivity index (χ0n) is 21.7. The molecule has 39 heavy (non-hydrogen) atoms. The topological polar surface area (TPSA) is 33.8 Å². The molecule has 4 heteroatoms. The van der Waals surface area contributed by atoms with Crippen molar-refractivity contribution >= 4 is 55.8 Å². The Morgan fingerprint density at radius 1 is 0.590 bits per heavy atom. The summed E-state index contributed by atoms with van der Waals surface area (Å²) in [4.78, 5) is 14.3. The summed E-state index contributed by atoms with van der Waals surface area (Å²) in [6, 6.07) is 46.3. The molecule has 0 radical (unpaired) electrons. The maximum atomic E-state index is 14.3. The van der Waals surface area contributed by atoms with E-state index < -0.39 is 7.05 Å². The first kappa shape index (κ1) is 23.6. The summed E-state index contributed by atoms with van der Waals surface area (Å²) in [5.41, 5.74) is 3.49. The van der Waals surface area contributed by atoms with Crippen molar-refractivity contribution in [2.45, 2.75) is 13.3 Å². The van der Waals surface area contributed by atoms with Crippen molar-refractivity contribution in [2.24, 2.45) is 4.74 Å². The number of aromatic nitrogens is 1. The van der Waals surface area contributed by atoms with Crippen molar-refractivity contribution in [3.8, 4) is 0 Å². The summed E-state index contributed by atoms with van der Waals surface area (Å²) in [6.07, 6.45) is 0.596. The van der Waals surface area contributed by atoms with E-state index in [9.17, 15) is 4.79 Å². The van der Waals surface area contributed by atoms with Crippen LogP contribution in [0.4, 0.5) is 5.69 Å². The second-order valence-corrected chi connectivity index (χ2v) is 12.8. The average molecular weight is 523 g/mol. The number of hydrogen-bond acceptors (Lipinski definition) is 2. The minimum atomic E-state index is -2.55. The molecule has 0 fully saturated rings. The normalized spacial score (nSPS) is 11.9. The predicted molar refractivity (Wildman–Crippen MR) is 166 cm³/mol. The van der Waals surface area contributed by atoms with E-state index in [1.54, 1.807) is 0 Å². The van der Waals surface area contributed by atoms with Gasteiger partial charge in [0.1, 0.15) is 0 Å². The fourth-order valence-electron chi connectivity index (χ4n) is 5.95. The molecule has 0 atom stereocenters. The summed E-state index contributed by atoms with van der Waals surface area (Å²) >= 11 is 0. The van der Waals surface area contributed by atoms with Gasteiger partial charge in [0.15, 0.2) is 0 Å². The van der Waals surface area contributed by atoms with Crippen LogP contribution in [-0.2, 0) is 6.42 Å². The van der Waals surface area contributed by atoms with Gasteiger partial charge in [0.2, 0.25) is 0 Å². The largest absolute Gasteiger partial charge is 0.275 e. The maximum Gasteiger partial charge on any atom is 0.261 e. The van der Waals surface area contributed by atoms with Gasteiger partial charge in [-0.05, 0) is 12.5 Å². The number of pyridine rings is 1. The lowest BCUT2D eigenvalue weighted by Crippen LogP contribution is -2.25. The molecule has 2 heterocycles. The standard InChI is InChI=1S/C35H27N2OP/c1-2-28-33(31-23-14-22-30-29-21-12-13-24-32(29)37(34(30)31)35(28)38)36-39(25-15-6-3-7-16-25,26-17-8-4-9-18-26)27-19-10-5-11-20-27/h3-24H,2H2,1H3. The summed E-state index contributed by atoms with van der Waals surface area (Å²) in [5, 5.41) is 6.69. The Labute approximate surface area is 227 Å².